The van der Waals surface area contributed by atoms with Crippen LogP contribution < -0.4 is 10.1 Å². The number of hydrogen-bond acceptors (Lipinski definition) is 6. The van der Waals surface area contributed by atoms with Gasteiger partial charge in [0.05, 0.1) is 13.5 Å². The van der Waals surface area contributed by atoms with Crippen molar-refractivity contribution in [1.82, 2.24) is 30.4 Å². The minimum absolute atomic E-state index is 0.0622. The van der Waals surface area contributed by atoms with Gasteiger partial charge in [0.25, 0.3) is 5.91 Å². The summed E-state index contributed by atoms with van der Waals surface area (Å²) in [6.45, 7) is 5.46. The zero-order valence-electron chi connectivity index (χ0n) is 19.1. The van der Waals surface area contributed by atoms with Crippen LogP contribution >= 0.6 is 0 Å². The van der Waals surface area contributed by atoms with Crippen LogP contribution in [-0.4, -0.2) is 57.1 Å². The Morgan fingerprint density at radius 1 is 1.21 bits per heavy atom. The summed E-state index contributed by atoms with van der Waals surface area (Å²) in [5.41, 5.74) is 3.89. The van der Waals surface area contributed by atoms with Crippen molar-refractivity contribution in [2.24, 2.45) is 0 Å². The third-order valence-corrected chi connectivity index (χ3v) is 5.97. The lowest BCUT2D eigenvalue weighted by molar-refractivity contribution is -0.120. The van der Waals surface area contributed by atoms with E-state index in [4.69, 9.17) is 14.7 Å². The Bertz CT molecular complexity index is 1120. The fraction of sp³-hybridized carbons (Fsp3) is 0.375. The van der Waals surface area contributed by atoms with E-state index >= 15 is 0 Å². The zero-order chi connectivity index (χ0) is 23.4. The average molecular weight is 449 g/mol. The molecule has 1 atom stereocenters. The Hall–Kier alpha value is -3.75. The number of amides is 2. The fourth-order valence-corrected chi connectivity index (χ4v) is 4.11. The Morgan fingerprint density at radius 2 is 2.00 bits per heavy atom. The average Bonchev–Trinajstić information content (AvgIpc) is 3.52. The summed E-state index contributed by atoms with van der Waals surface area (Å²) >= 11 is 0. The van der Waals surface area contributed by atoms with Crippen molar-refractivity contribution in [1.29, 1.82) is 0 Å². The summed E-state index contributed by atoms with van der Waals surface area (Å²) in [6.07, 6.45) is 2.60. The van der Waals surface area contributed by atoms with Crippen molar-refractivity contribution in [2.75, 3.05) is 20.2 Å². The van der Waals surface area contributed by atoms with E-state index < -0.39 is 0 Å². The van der Waals surface area contributed by atoms with Crippen molar-refractivity contribution < 1.29 is 14.3 Å². The first-order valence-corrected chi connectivity index (χ1v) is 11.0. The van der Waals surface area contributed by atoms with Crippen molar-refractivity contribution in [2.45, 2.75) is 39.2 Å². The van der Waals surface area contributed by atoms with E-state index in [0.717, 1.165) is 40.5 Å². The lowest BCUT2D eigenvalue weighted by Gasteiger charge is -2.16. The van der Waals surface area contributed by atoms with Gasteiger partial charge in [0.15, 0.2) is 0 Å². The minimum Gasteiger partial charge on any atom is -0.497 e. The molecule has 2 amide bonds. The monoisotopic (exact) mass is 448 g/mol. The molecular weight excluding hydrogens is 420 g/mol. The quantitative estimate of drug-likeness (QED) is 0.574. The SMILES string of the molecule is COc1cccc(CNC(=O)Cc2c(C)nc([C@H]3CCN(C(=O)c4ccn[nH]4)C3)nc2C)c1. The molecule has 4 rings (SSSR count). The van der Waals surface area contributed by atoms with Crippen LogP contribution in [0, 0.1) is 13.8 Å². The number of aromatic nitrogens is 4. The van der Waals surface area contributed by atoms with E-state index in [1.807, 2.05) is 38.1 Å². The van der Waals surface area contributed by atoms with Crippen molar-refractivity contribution in [3.05, 3.63) is 70.6 Å². The van der Waals surface area contributed by atoms with Gasteiger partial charge in [0.2, 0.25) is 5.91 Å². The maximum atomic E-state index is 12.6. The molecule has 3 heterocycles. The van der Waals surface area contributed by atoms with Crippen LogP contribution in [0.4, 0.5) is 0 Å². The lowest BCUT2D eigenvalue weighted by atomic mass is 10.0. The van der Waals surface area contributed by atoms with Crippen molar-refractivity contribution >= 4 is 11.8 Å². The van der Waals surface area contributed by atoms with E-state index in [1.165, 1.54) is 0 Å². The second-order valence-electron chi connectivity index (χ2n) is 8.24. The summed E-state index contributed by atoms with van der Waals surface area (Å²) < 4.78 is 5.23. The van der Waals surface area contributed by atoms with Gasteiger partial charge in [-0.25, -0.2) is 9.97 Å². The Kier molecular flexibility index (Phi) is 6.67. The Balaban J connectivity index is 1.38. The fourth-order valence-electron chi connectivity index (χ4n) is 4.11. The maximum absolute atomic E-state index is 12.6. The number of nitrogens with zero attached hydrogens (tertiary/aromatic N) is 4. The van der Waals surface area contributed by atoms with Crippen molar-refractivity contribution in [3.8, 4) is 5.75 Å². The molecule has 0 saturated carbocycles. The van der Waals surface area contributed by atoms with E-state index in [0.29, 0.717) is 25.3 Å². The molecule has 1 aliphatic heterocycles. The molecule has 9 nitrogen and oxygen atoms in total. The number of hydrogen-bond donors (Lipinski definition) is 2. The molecule has 0 aliphatic carbocycles. The predicted octanol–water partition coefficient (Wildman–Crippen LogP) is 2.31. The molecule has 0 bridgehead atoms. The number of aryl methyl sites for hydroxylation is 2. The normalized spacial score (nSPS) is 15.5. The highest BCUT2D eigenvalue weighted by Crippen LogP contribution is 2.27. The highest BCUT2D eigenvalue weighted by atomic mass is 16.5. The third kappa shape index (κ3) is 5.19. The first-order chi connectivity index (χ1) is 15.9. The Labute approximate surface area is 192 Å². The molecule has 1 aliphatic rings. The number of carbonyl (C=O) groups excluding carboxylic acids is 2. The van der Waals surface area contributed by atoms with E-state index in [1.54, 1.807) is 24.3 Å². The van der Waals surface area contributed by atoms with Gasteiger partial charge in [-0.3, -0.25) is 14.7 Å². The molecule has 1 aromatic carbocycles. The van der Waals surface area contributed by atoms with Gasteiger partial charge in [0, 0.05) is 48.7 Å². The van der Waals surface area contributed by atoms with Gasteiger partial charge in [-0.15, -0.1) is 0 Å². The number of rotatable bonds is 7. The van der Waals surface area contributed by atoms with Gasteiger partial charge in [-0.05, 0) is 44.0 Å². The standard InChI is InChI=1S/C24H28N6O3/c1-15-20(12-22(31)25-13-17-5-4-6-19(11-17)33-3)16(2)28-23(27-15)18-8-10-30(14-18)24(32)21-7-9-26-29-21/h4-7,9,11,18H,8,10,12-14H2,1-3H3,(H,25,31)(H,26,29)/t18-/m0/s1. The molecule has 1 fully saturated rings. The van der Waals surface area contributed by atoms with E-state index in [9.17, 15) is 9.59 Å². The lowest BCUT2D eigenvalue weighted by Crippen LogP contribution is -2.29. The predicted molar refractivity (Wildman–Crippen MR) is 122 cm³/mol. The molecule has 33 heavy (non-hydrogen) atoms. The molecule has 0 spiro atoms. The Morgan fingerprint density at radius 3 is 2.70 bits per heavy atom. The summed E-state index contributed by atoms with van der Waals surface area (Å²) in [5, 5.41) is 9.53. The molecule has 2 N–H and O–H groups in total. The van der Waals surface area contributed by atoms with Gasteiger partial charge in [-0.1, -0.05) is 12.1 Å². The van der Waals surface area contributed by atoms with Crippen LogP contribution in [0.15, 0.2) is 36.5 Å². The highest BCUT2D eigenvalue weighted by Gasteiger charge is 2.31. The summed E-state index contributed by atoms with van der Waals surface area (Å²) in [5.74, 6) is 1.41. The molecule has 172 valence electrons. The largest absolute Gasteiger partial charge is 0.497 e. The third-order valence-electron chi connectivity index (χ3n) is 5.97. The van der Waals surface area contributed by atoms with Gasteiger partial charge in [-0.2, -0.15) is 5.10 Å². The topological polar surface area (TPSA) is 113 Å². The van der Waals surface area contributed by atoms with E-state index in [2.05, 4.69) is 15.5 Å². The summed E-state index contributed by atoms with van der Waals surface area (Å²) in [4.78, 5) is 36.3. The second-order valence-corrected chi connectivity index (χ2v) is 8.24. The smallest absolute Gasteiger partial charge is 0.271 e. The first kappa shape index (κ1) is 22.4. The van der Waals surface area contributed by atoms with Gasteiger partial charge >= 0.3 is 0 Å². The van der Waals surface area contributed by atoms with Gasteiger partial charge < -0.3 is 15.0 Å². The van der Waals surface area contributed by atoms with Crippen LogP contribution in [0.3, 0.4) is 0 Å². The number of likely N-dealkylation sites (tertiary alicyclic amines) is 1. The molecule has 0 unspecified atom stereocenters. The molecule has 0 radical (unpaired) electrons. The minimum atomic E-state index is -0.0856. The first-order valence-electron chi connectivity index (χ1n) is 11.0. The zero-order valence-corrected chi connectivity index (χ0v) is 19.1. The molecule has 3 aromatic rings. The van der Waals surface area contributed by atoms with Gasteiger partial charge in [0.1, 0.15) is 17.3 Å². The molecule has 9 heteroatoms. The van der Waals surface area contributed by atoms with E-state index in [-0.39, 0.29) is 24.2 Å². The number of nitrogens with one attached hydrogen (secondary N) is 2. The van der Waals surface area contributed by atoms with Crippen LogP contribution in [0.25, 0.3) is 0 Å². The number of methoxy groups -OCH3 is 1. The molecule has 1 saturated heterocycles. The highest BCUT2D eigenvalue weighted by molar-refractivity contribution is 5.92. The number of ether oxygens (including phenoxy) is 1. The number of aromatic amines is 1. The molecular formula is C24H28N6O3. The molecule has 2 aromatic heterocycles. The maximum Gasteiger partial charge on any atom is 0.271 e. The van der Waals surface area contributed by atoms with Crippen LogP contribution in [0.2, 0.25) is 0 Å². The van der Waals surface area contributed by atoms with Crippen LogP contribution in [0.5, 0.6) is 5.75 Å². The number of carbonyl (C=O) groups is 2. The second kappa shape index (κ2) is 9.81. The van der Waals surface area contributed by atoms with Crippen LogP contribution in [0.1, 0.15) is 51.2 Å². The summed E-state index contributed by atoms with van der Waals surface area (Å²) in [6, 6.07) is 9.28. The summed E-state index contributed by atoms with van der Waals surface area (Å²) in [7, 11) is 1.62. The number of benzene rings is 1. The number of H-pyrrole nitrogens is 1. The van der Waals surface area contributed by atoms with Crippen LogP contribution in [-0.2, 0) is 17.8 Å². The van der Waals surface area contributed by atoms with Crippen molar-refractivity contribution in [3.63, 3.8) is 0 Å².